The maximum absolute atomic E-state index is 8.42. The van der Waals surface area contributed by atoms with E-state index in [1.807, 2.05) is 0 Å². The molecule has 0 bridgehead atoms. The van der Waals surface area contributed by atoms with Gasteiger partial charge in [-0.2, -0.15) is 0 Å². The number of nitrogens with zero attached hydrogens (tertiary/aromatic N) is 2. The summed E-state index contributed by atoms with van der Waals surface area (Å²) in [5.74, 6) is 1.16. The predicted octanol–water partition coefficient (Wildman–Crippen LogP) is 2.66. The SMILES string of the molecule is CCC(CC)CN(CC)CCCCC(N)=NO. The topological polar surface area (TPSA) is 61.8 Å². The molecule has 0 radical (unpaired) electrons. The Morgan fingerprint density at radius 2 is 1.88 bits per heavy atom. The standard InChI is InChI=1S/C13H29N3O/c1-4-12(5-2)11-16(6-3)10-8-7-9-13(14)15-17/h12,17H,4-11H2,1-3H3,(H2,14,15). The molecule has 0 aliphatic heterocycles. The quantitative estimate of drug-likeness (QED) is 0.204. The second kappa shape index (κ2) is 10.4. The number of hydrogen-bond acceptors (Lipinski definition) is 3. The number of oxime groups is 1. The normalized spacial score (nSPS) is 12.6. The van der Waals surface area contributed by atoms with Crippen molar-refractivity contribution >= 4 is 5.84 Å². The zero-order valence-corrected chi connectivity index (χ0v) is 11.7. The molecule has 0 spiro atoms. The van der Waals surface area contributed by atoms with E-state index in [0.29, 0.717) is 12.3 Å². The Balaban J connectivity index is 3.74. The van der Waals surface area contributed by atoms with Crippen LogP contribution >= 0.6 is 0 Å². The fourth-order valence-corrected chi connectivity index (χ4v) is 1.98. The molecular weight excluding hydrogens is 214 g/mol. The van der Waals surface area contributed by atoms with Crippen molar-refractivity contribution in [3.8, 4) is 0 Å². The summed E-state index contributed by atoms with van der Waals surface area (Å²) in [5, 5.41) is 11.4. The fraction of sp³-hybridized carbons (Fsp3) is 0.923. The molecule has 0 aromatic rings. The summed E-state index contributed by atoms with van der Waals surface area (Å²) in [6.45, 7) is 10.2. The highest BCUT2D eigenvalue weighted by molar-refractivity contribution is 5.79. The van der Waals surface area contributed by atoms with E-state index in [1.54, 1.807) is 0 Å². The first-order chi connectivity index (χ1) is 8.17. The van der Waals surface area contributed by atoms with Crippen LogP contribution in [0.25, 0.3) is 0 Å². The van der Waals surface area contributed by atoms with Crippen molar-refractivity contribution in [2.24, 2.45) is 16.8 Å². The molecule has 0 aliphatic carbocycles. The molecule has 0 fully saturated rings. The Labute approximate surface area is 106 Å². The lowest BCUT2D eigenvalue weighted by Crippen LogP contribution is -2.30. The van der Waals surface area contributed by atoms with Gasteiger partial charge in [-0.3, -0.25) is 0 Å². The van der Waals surface area contributed by atoms with Crippen molar-refractivity contribution in [3.05, 3.63) is 0 Å². The van der Waals surface area contributed by atoms with Gasteiger partial charge >= 0.3 is 0 Å². The molecular formula is C13H29N3O. The average Bonchev–Trinajstić information content (AvgIpc) is 2.37. The molecule has 0 heterocycles. The summed E-state index contributed by atoms with van der Waals surface area (Å²) in [4.78, 5) is 2.50. The van der Waals surface area contributed by atoms with Gasteiger partial charge in [-0.25, -0.2) is 0 Å². The van der Waals surface area contributed by atoms with Crippen LogP contribution < -0.4 is 5.73 Å². The van der Waals surface area contributed by atoms with Crippen LogP contribution in [0.5, 0.6) is 0 Å². The summed E-state index contributed by atoms with van der Waals surface area (Å²) in [6, 6.07) is 0. The third kappa shape index (κ3) is 8.02. The summed E-state index contributed by atoms with van der Waals surface area (Å²) >= 11 is 0. The van der Waals surface area contributed by atoms with E-state index < -0.39 is 0 Å². The Kier molecular flexibility index (Phi) is 9.92. The maximum atomic E-state index is 8.42. The zero-order chi connectivity index (χ0) is 13.1. The highest BCUT2D eigenvalue weighted by Crippen LogP contribution is 2.10. The lowest BCUT2D eigenvalue weighted by Gasteiger charge is -2.25. The first-order valence-electron chi connectivity index (χ1n) is 6.86. The first-order valence-corrected chi connectivity index (χ1v) is 6.86. The van der Waals surface area contributed by atoms with Gasteiger partial charge in [0.25, 0.3) is 0 Å². The van der Waals surface area contributed by atoms with Crippen LogP contribution in [0.4, 0.5) is 0 Å². The lowest BCUT2D eigenvalue weighted by atomic mass is 10.0. The number of amidine groups is 1. The fourth-order valence-electron chi connectivity index (χ4n) is 1.98. The minimum atomic E-state index is 0.341. The molecule has 0 unspecified atom stereocenters. The van der Waals surface area contributed by atoms with Crippen molar-refractivity contribution in [1.82, 2.24) is 4.90 Å². The summed E-state index contributed by atoms with van der Waals surface area (Å²) in [7, 11) is 0. The highest BCUT2D eigenvalue weighted by Gasteiger charge is 2.09. The van der Waals surface area contributed by atoms with E-state index in [9.17, 15) is 0 Å². The van der Waals surface area contributed by atoms with Gasteiger partial charge in [-0.1, -0.05) is 38.8 Å². The third-order valence-corrected chi connectivity index (χ3v) is 3.40. The van der Waals surface area contributed by atoms with E-state index >= 15 is 0 Å². The first kappa shape index (κ1) is 16.2. The molecule has 0 aromatic carbocycles. The van der Waals surface area contributed by atoms with Gasteiger partial charge in [0, 0.05) is 13.0 Å². The monoisotopic (exact) mass is 243 g/mol. The number of hydrogen-bond donors (Lipinski definition) is 2. The van der Waals surface area contributed by atoms with Crippen LogP contribution in [0.2, 0.25) is 0 Å². The van der Waals surface area contributed by atoms with Crippen LogP contribution in [-0.2, 0) is 0 Å². The minimum absolute atomic E-state index is 0.341. The van der Waals surface area contributed by atoms with Crippen molar-refractivity contribution in [2.45, 2.75) is 52.9 Å². The van der Waals surface area contributed by atoms with E-state index in [1.165, 1.54) is 19.4 Å². The molecule has 0 saturated carbocycles. The predicted molar refractivity (Wildman–Crippen MR) is 73.4 cm³/mol. The second-order valence-corrected chi connectivity index (χ2v) is 4.62. The van der Waals surface area contributed by atoms with Crippen molar-refractivity contribution in [1.29, 1.82) is 0 Å². The van der Waals surface area contributed by atoms with Crippen LogP contribution in [0.3, 0.4) is 0 Å². The molecule has 3 N–H and O–H groups in total. The maximum Gasteiger partial charge on any atom is 0.139 e. The smallest absolute Gasteiger partial charge is 0.139 e. The Bertz CT molecular complexity index is 203. The van der Waals surface area contributed by atoms with Gasteiger partial charge in [0.2, 0.25) is 0 Å². The van der Waals surface area contributed by atoms with E-state index in [-0.39, 0.29) is 0 Å². The van der Waals surface area contributed by atoms with Gasteiger partial charge in [0.15, 0.2) is 0 Å². The van der Waals surface area contributed by atoms with Crippen LogP contribution in [0, 0.1) is 5.92 Å². The molecule has 0 rings (SSSR count). The molecule has 4 heteroatoms. The lowest BCUT2D eigenvalue weighted by molar-refractivity contribution is 0.230. The third-order valence-electron chi connectivity index (χ3n) is 3.40. The second-order valence-electron chi connectivity index (χ2n) is 4.62. The molecule has 0 atom stereocenters. The van der Waals surface area contributed by atoms with Crippen molar-refractivity contribution < 1.29 is 5.21 Å². The Morgan fingerprint density at radius 1 is 1.24 bits per heavy atom. The molecule has 0 amide bonds. The van der Waals surface area contributed by atoms with Crippen molar-refractivity contribution in [2.75, 3.05) is 19.6 Å². The zero-order valence-electron chi connectivity index (χ0n) is 11.7. The number of unbranched alkanes of at least 4 members (excludes halogenated alkanes) is 1. The number of nitrogens with two attached hydrogens (primary N) is 1. The van der Waals surface area contributed by atoms with E-state index in [4.69, 9.17) is 10.9 Å². The molecule has 0 saturated heterocycles. The van der Waals surface area contributed by atoms with Gasteiger partial charge in [-0.15, -0.1) is 0 Å². The Hall–Kier alpha value is -0.770. The molecule has 0 aromatic heterocycles. The number of rotatable bonds is 10. The van der Waals surface area contributed by atoms with Crippen molar-refractivity contribution in [3.63, 3.8) is 0 Å². The molecule has 4 nitrogen and oxygen atoms in total. The molecule has 17 heavy (non-hydrogen) atoms. The summed E-state index contributed by atoms with van der Waals surface area (Å²) in [6.07, 6.45) is 5.33. The van der Waals surface area contributed by atoms with Gasteiger partial charge in [0.1, 0.15) is 5.84 Å². The average molecular weight is 243 g/mol. The van der Waals surface area contributed by atoms with Gasteiger partial charge < -0.3 is 15.8 Å². The Morgan fingerprint density at radius 3 is 2.35 bits per heavy atom. The minimum Gasteiger partial charge on any atom is -0.409 e. The summed E-state index contributed by atoms with van der Waals surface area (Å²) in [5.41, 5.74) is 5.43. The van der Waals surface area contributed by atoms with Crippen LogP contribution in [0.1, 0.15) is 52.9 Å². The molecule has 0 aliphatic rings. The van der Waals surface area contributed by atoms with Gasteiger partial charge in [0.05, 0.1) is 0 Å². The molecule has 102 valence electrons. The van der Waals surface area contributed by atoms with Crippen LogP contribution in [0.15, 0.2) is 5.16 Å². The van der Waals surface area contributed by atoms with E-state index in [2.05, 4.69) is 30.8 Å². The highest BCUT2D eigenvalue weighted by atomic mass is 16.4. The largest absolute Gasteiger partial charge is 0.409 e. The summed E-state index contributed by atoms with van der Waals surface area (Å²) < 4.78 is 0. The van der Waals surface area contributed by atoms with Gasteiger partial charge in [-0.05, 0) is 31.8 Å². The van der Waals surface area contributed by atoms with Crippen LogP contribution in [-0.4, -0.2) is 35.6 Å². The van der Waals surface area contributed by atoms with E-state index in [0.717, 1.165) is 31.8 Å².